The van der Waals surface area contributed by atoms with Gasteiger partial charge in [0.1, 0.15) is 11.5 Å². The molecular formula is C33H37F2NO3. The zero-order chi connectivity index (χ0) is 27.4. The number of nitrogens with zero attached hydrogens (tertiary/aromatic N) is 1. The summed E-state index contributed by atoms with van der Waals surface area (Å²) in [5.41, 5.74) is 3.81. The van der Waals surface area contributed by atoms with Crippen LogP contribution in [0.4, 0.5) is 8.78 Å². The minimum absolute atomic E-state index is 0.0777. The number of hydrogen-bond donors (Lipinski definition) is 0. The van der Waals surface area contributed by atoms with Crippen molar-refractivity contribution in [2.45, 2.75) is 51.5 Å². The Labute approximate surface area is 229 Å². The van der Waals surface area contributed by atoms with Crippen LogP contribution in [0.25, 0.3) is 0 Å². The van der Waals surface area contributed by atoms with Gasteiger partial charge in [0.15, 0.2) is 17.4 Å². The molecule has 1 aliphatic carbocycles. The zero-order valence-electron chi connectivity index (χ0n) is 22.8. The maximum absolute atomic E-state index is 14.3. The molecule has 1 fully saturated rings. The van der Waals surface area contributed by atoms with E-state index >= 15 is 0 Å². The van der Waals surface area contributed by atoms with Gasteiger partial charge in [0.2, 0.25) is 0 Å². The van der Waals surface area contributed by atoms with Crippen molar-refractivity contribution in [1.82, 2.24) is 4.90 Å². The summed E-state index contributed by atoms with van der Waals surface area (Å²) in [5.74, 6) is 0.153. The van der Waals surface area contributed by atoms with Gasteiger partial charge in [-0.1, -0.05) is 18.2 Å². The minimum Gasteiger partial charge on any atom is -0.497 e. The van der Waals surface area contributed by atoms with E-state index < -0.39 is 11.6 Å². The van der Waals surface area contributed by atoms with Crippen molar-refractivity contribution < 1.29 is 23.0 Å². The molecule has 0 aromatic heterocycles. The number of halogens is 2. The maximum Gasteiger partial charge on any atom is 0.166 e. The number of aryl methyl sites for hydroxylation is 2. The average molecular weight is 534 g/mol. The lowest BCUT2D eigenvalue weighted by Gasteiger charge is -2.47. The molecule has 0 bridgehead atoms. The van der Waals surface area contributed by atoms with Gasteiger partial charge >= 0.3 is 0 Å². The first-order chi connectivity index (χ1) is 18.9. The number of fused-ring (bicyclic) bond motifs is 1. The molecule has 1 heterocycles. The van der Waals surface area contributed by atoms with Crippen molar-refractivity contribution in [3.8, 4) is 11.5 Å². The van der Waals surface area contributed by atoms with Gasteiger partial charge in [-0.05, 0) is 123 Å². The number of carbonyl (C=O) groups excluding carboxylic acids is 1. The number of piperidine rings is 1. The third-order valence-corrected chi connectivity index (χ3v) is 8.88. The number of Topliss-reactive ketones (excluding diaryl/α,β-unsaturated/α-hetero) is 1. The molecule has 5 rings (SSSR count). The van der Waals surface area contributed by atoms with Crippen LogP contribution in [-0.4, -0.2) is 38.0 Å². The van der Waals surface area contributed by atoms with Crippen LogP contribution in [0.1, 0.15) is 59.2 Å². The Balaban J connectivity index is 1.38. The Morgan fingerprint density at radius 2 is 1.54 bits per heavy atom. The molecule has 6 heteroatoms. The fraction of sp³-hybridized carbons (Fsp3) is 0.424. The molecule has 4 nitrogen and oxygen atoms in total. The number of ether oxygens (including phenoxy) is 2. The van der Waals surface area contributed by atoms with E-state index in [1.807, 2.05) is 30.3 Å². The van der Waals surface area contributed by atoms with Crippen molar-refractivity contribution in [2.24, 2.45) is 11.3 Å². The first-order valence-electron chi connectivity index (χ1n) is 13.9. The van der Waals surface area contributed by atoms with Crippen molar-refractivity contribution >= 4 is 5.78 Å². The largest absolute Gasteiger partial charge is 0.497 e. The number of likely N-dealkylation sites (tertiary alicyclic amines) is 1. The van der Waals surface area contributed by atoms with Crippen LogP contribution in [0.2, 0.25) is 0 Å². The van der Waals surface area contributed by atoms with Gasteiger partial charge < -0.3 is 9.47 Å². The van der Waals surface area contributed by atoms with E-state index in [2.05, 4.69) is 17.0 Å². The first kappa shape index (κ1) is 27.3. The van der Waals surface area contributed by atoms with Crippen LogP contribution >= 0.6 is 0 Å². The summed E-state index contributed by atoms with van der Waals surface area (Å²) in [6.45, 7) is 2.25. The fourth-order valence-corrected chi connectivity index (χ4v) is 6.61. The molecule has 1 atom stereocenters. The summed E-state index contributed by atoms with van der Waals surface area (Å²) in [6.07, 6.45) is 6.34. The summed E-state index contributed by atoms with van der Waals surface area (Å²) < 4.78 is 38.0. The normalized spacial score (nSPS) is 19.3. The van der Waals surface area contributed by atoms with Crippen LogP contribution in [0, 0.1) is 23.0 Å². The van der Waals surface area contributed by atoms with Crippen LogP contribution in [0.15, 0.2) is 60.7 Å². The van der Waals surface area contributed by atoms with Gasteiger partial charge in [0.25, 0.3) is 0 Å². The van der Waals surface area contributed by atoms with E-state index in [4.69, 9.17) is 9.47 Å². The Hall–Kier alpha value is -3.25. The molecule has 3 aromatic carbocycles. The third-order valence-electron chi connectivity index (χ3n) is 8.88. The average Bonchev–Trinajstić information content (AvgIpc) is 2.96. The molecule has 1 unspecified atom stereocenters. The topological polar surface area (TPSA) is 38.8 Å². The quantitative estimate of drug-likeness (QED) is 0.327. The van der Waals surface area contributed by atoms with E-state index in [0.717, 1.165) is 86.2 Å². The standard InChI is InChI=1S/C33H37F2NO3/c1-38-26-9-5-23(6-10-26)7-13-29-32(37)28-12-11-27(39-2)21-25(28)4-3-15-33(29)16-18-36(19-17-33)22-24-8-14-30(34)31(35)20-24/h5-6,8-12,14,20-21,29H,3-4,7,13,15-19,22H2,1-2H3. The highest BCUT2D eigenvalue weighted by molar-refractivity contribution is 6.00. The van der Waals surface area contributed by atoms with Gasteiger partial charge in [-0.15, -0.1) is 0 Å². The molecule has 0 amide bonds. The SMILES string of the molecule is COc1ccc(CCC2C(=O)c3ccc(OC)cc3CCCC23CCN(Cc2ccc(F)c(F)c2)CC3)cc1. The van der Waals surface area contributed by atoms with Crippen LogP contribution < -0.4 is 9.47 Å². The molecule has 0 radical (unpaired) electrons. The highest BCUT2D eigenvalue weighted by Gasteiger charge is 2.45. The van der Waals surface area contributed by atoms with E-state index in [9.17, 15) is 13.6 Å². The van der Waals surface area contributed by atoms with Crippen molar-refractivity contribution in [1.29, 1.82) is 0 Å². The van der Waals surface area contributed by atoms with E-state index in [1.54, 1.807) is 20.3 Å². The molecule has 206 valence electrons. The number of carbonyl (C=O) groups is 1. The second kappa shape index (κ2) is 11.9. The second-order valence-electron chi connectivity index (χ2n) is 11.1. The smallest absolute Gasteiger partial charge is 0.166 e. The van der Waals surface area contributed by atoms with Crippen molar-refractivity contribution in [3.05, 3.63) is 94.6 Å². The van der Waals surface area contributed by atoms with Gasteiger partial charge in [-0.2, -0.15) is 0 Å². The van der Waals surface area contributed by atoms with E-state index in [-0.39, 0.29) is 17.1 Å². The number of ketones is 1. The second-order valence-corrected chi connectivity index (χ2v) is 11.1. The predicted octanol–water partition coefficient (Wildman–Crippen LogP) is 7.03. The highest BCUT2D eigenvalue weighted by atomic mass is 19.2. The molecule has 3 aromatic rings. The minimum atomic E-state index is -0.818. The predicted molar refractivity (Wildman–Crippen MR) is 148 cm³/mol. The Kier molecular flexibility index (Phi) is 8.31. The van der Waals surface area contributed by atoms with Crippen molar-refractivity contribution in [2.75, 3.05) is 27.3 Å². The van der Waals surface area contributed by atoms with E-state index in [0.29, 0.717) is 6.54 Å². The maximum atomic E-state index is 14.3. The molecule has 1 spiro atoms. The molecule has 0 saturated carbocycles. The van der Waals surface area contributed by atoms with Crippen LogP contribution in [0.3, 0.4) is 0 Å². The molecule has 1 saturated heterocycles. The summed E-state index contributed by atoms with van der Waals surface area (Å²) in [5, 5.41) is 0. The van der Waals surface area contributed by atoms with Crippen molar-refractivity contribution in [3.63, 3.8) is 0 Å². The lowest BCUT2D eigenvalue weighted by molar-refractivity contribution is 0.0271. The van der Waals surface area contributed by atoms with Crippen LogP contribution in [0.5, 0.6) is 11.5 Å². The summed E-state index contributed by atoms with van der Waals surface area (Å²) in [7, 11) is 3.32. The Morgan fingerprint density at radius 1 is 0.846 bits per heavy atom. The number of benzene rings is 3. The monoisotopic (exact) mass is 533 g/mol. The Morgan fingerprint density at radius 3 is 2.23 bits per heavy atom. The van der Waals surface area contributed by atoms with Gasteiger partial charge in [0.05, 0.1) is 14.2 Å². The molecule has 2 aliphatic rings. The molecule has 0 N–H and O–H groups in total. The third kappa shape index (κ3) is 6.01. The lowest BCUT2D eigenvalue weighted by atomic mass is 9.60. The Bertz CT molecular complexity index is 1300. The molecule has 39 heavy (non-hydrogen) atoms. The molecule has 1 aliphatic heterocycles. The fourth-order valence-electron chi connectivity index (χ4n) is 6.61. The highest BCUT2D eigenvalue weighted by Crippen LogP contribution is 2.48. The number of rotatable bonds is 7. The summed E-state index contributed by atoms with van der Waals surface area (Å²) in [4.78, 5) is 16.6. The summed E-state index contributed by atoms with van der Waals surface area (Å²) in [6, 6.07) is 18.1. The van der Waals surface area contributed by atoms with Crippen LogP contribution in [-0.2, 0) is 19.4 Å². The number of hydrogen-bond acceptors (Lipinski definition) is 4. The van der Waals surface area contributed by atoms with Gasteiger partial charge in [-0.25, -0.2) is 8.78 Å². The number of methoxy groups -OCH3 is 2. The first-order valence-corrected chi connectivity index (χ1v) is 13.9. The van der Waals surface area contributed by atoms with Gasteiger partial charge in [0, 0.05) is 18.0 Å². The lowest BCUT2D eigenvalue weighted by Crippen LogP contribution is -2.47. The van der Waals surface area contributed by atoms with E-state index in [1.165, 1.54) is 17.7 Å². The van der Waals surface area contributed by atoms with Gasteiger partial charge in [-0.3, -0.25) is 9.69 Å². The molecular weight excluding hydrogens is 496 g/mol. The zero-order valence-corrected chi connectivity index (χ0v) is 22.8. The summed E-state index contributed by atoms with van der Waals surface area (Å²) >= 11 is 0.